The molecule has 3 nitrogen and oxygen atoms in total. The number of hydrogen-bond donors (Lipinski definition) is 1. The van der Waals surface area contributed by atoms with Gasteiger partial charge in [0.2, 0.25) is 5.88 Å². The van der Waals surface area contributed by atoms with Crippen molar-refractivity contribution < 1.29 is 4.74 Å². The molecule has 1 aromatic rings. The minimum atomic E-state index is 0.343. The van der Waals surface area contributed by atoms with Crippen LogP contribution in [0.3, 0.4) is 0 Å². The lowest BCUT2D eigenvalue weighted by molar-refractivity contribution is 0.0953. The Morgan fingerprint density at radius 3 is 2.80 bits per heavy atom. The maximum Gasteiger partial charge on any atom is 0.218 e. The van der Waals surface area contributed by atoms with Crippen molar-refractivity contribution >= 4 is 0 Å². The highest BCUT2D eigenvalue weighted by atomic mass is 16.5. The standard InChI is InChI=1S/C17H26N2O/c1-12-5-8-16(10-13(12)2)20-17-14(4-3-9-18-17)11-19-15-6-7-15/h3-4,9,12-13,15-16,19H,5-8,10-11H2,1-2H3. The van der Waals surface area contributed by atoms with Gasteiger partial charge in [0.05, 0.1) is 0 Å². The summed E-state index contributed by atoms with van der Waals surface area (Å²) in [5, 5.41) is 3.55. The Hall–Kier alpha value is -1.09. The van der Waals surface area contributed by atoms with Crippen molar-refractivity contribution in [3.05, 3.63) is 23.9 Å². The summed E-state index contributed by atoms with van der Waals surface area (Å²) < 4.78 is 6.21. The van der Waals surface area contributed by atoms with Crippen LogP contribution in [0.1, 0.15) is 51.5 Å². The van der Waals surface area contributed by atoms with E-state index in [-0.39, 0.29) is 0 Å². The van der Waals surface area contributed by atoms with Gasteiger partial charge in [0.1, 0.15) is 6.10 Å². The molecule has 1 N–H and O–H groups in total. The molecule has 2 saturated carbocycles. The van der Waals surface area contributed by atoms with E-state index in [2.05, 4.69) is 30.2 Å². The lowest BCUT2D eigenvalue weighted by Crippen LogP contribution is -2.29. The smallest absolute Gasteiger partial charge is 0.218 e. The molecule has 0 aromatic carbocycles. The van der Waals surface area contributed by atoms with Crippen LogP contribution < -0.4 is 10.1 Å². The van der Waals surface area contributed by atoms with E-state index in [0.29, 0.717) is 6.10 Å². The van der Waals surface area contributed by atoms with E-state index in [1.807, 2.05) is 12.3 Å². The molecule has 0 bridgehead atoms. The second-order valence-electron chi connectivity index (χ2n) is 6.63. The molecule has 0 radical (unpaired) electrons. The van der Waals surface area contributed by atoms with E-state index in [1.165, 1.54) is 24.8 Å². The Kier molecular flexibility index (Phi) is 4.25. The Morgan fingerprint density at radius 2 is 2.05 bits per heavy atom. The molecule has 0 amide bonds. The lowest BCUT2D eigenvalue weighted by Gasteiger charge is -2.32. The molecule has 2 fully saturated rings. The summed E-state index contributed by atoms with van der Waals surface area (Å²) >= 11 is 0. The van der Waals surface area contributed by atoms with Crippen LogP contribution in [0, 0.1) is 11.8 Å². The predicted molar refractivity (Wildman–Crippen MR) is 80.7 cm³/mol. The van der Waals surface area contributed by atoms with Gasteiger partial charge in [0.25, 0.3) is 0 Å². The number of pyridine rings is 1. The highest BCUT2D eigenvalue weighted by molar-refractivity contribution is 5.25. The zero-order valence-electron chi connectivity index (χ0n) is 12.6. The molecule has 0 saturated heterocycles. The van der Waals surface area contributed by atoms with Crippen LogP contribution >= 0.6 is 0 Å². The maximum atomic E-state index is 6.21. The van der Waals surface area contributed by atoms with Crippen molar-refractivity contribution in [2.24, 2.45) is 11.8 Å². The van der Waals surface area contributed by atoms with Gasteiger partial charge in [0.15, 0.2) is 0 Å². The second kappa shape index (κ2) is 6.13. The van der Waals surface area contributed by atoms with E-state index in [4.69, 9.17) is 4.74 Å². The van der Waals surface area contributed by atoms with E-state index >= 15 is 0 Å². The van der Waals surface area contributed by atoms with E-state index in [0.717, 1.165) is 43.1 Å². The average molecular weight is 274 g/mol. The SMILES string of the molecule is CC1CCC(Oc2ncccc2CNC2CC2)CC1C. The van der Waals surface area contributed by atoms with Crippen molar-refractivity contribution in [3.8, 4) is 5.88 Å². The quantitative estimate of drug-likeness (QED) is 0.892. The zero-order valence-corrected chi connectivity index (χ0v) is 12.6. The normalized spacial score (nSPS) is 30.2. The fourth-order valence-electron chi connectivity index (χ4n) is 2.97. The molecule has 20 heavy (non-hydrogen) atoms. The van der Waals surface area contributed by atoms with Gasteiger partial charge in [-0.05, 0) is 50.0 Å². The molecule has 1 heterocycles. The average Bonchev–Trinajstić information content (AvgIpc) is 3.26. The molecule has 3 atom stereocenters. The van der Waals surface area contributed by atoms with Crippen LogP contribution in [0.2, 0.25) is 0 Å². The van der Waals surface area contributed by atoms with Crippen LogP contribution in [0.4, 0.5) is 0 Å². The Labute approximate surface area is 122 Å². The number of nitrogens with zero attached hydrogens (tertiary/aromatic N) is 1. The monoisotopic (exact) mass is 274 g/mol. The van der Waals surface area contributed by atoms with Crippen molar-refractivity contribution in [2.75, 3.05) is 0 Å². The van der Waals surface area contributed by atoms with Crippen LogP contribution in [0.5, 0.6) is 5.88 Å². The third-order valence-corrected chi connectivity index (χ3v) is 4.84. The molecule has 110 valence electrons. The first kappa shape index (κ1) is 13.9. The summed E-state index contributed by atoms with van der Waals surface area (Å²) in [6.45, 7) is 5.58. The van der Waals surface area contributed by atoms with Gasteiger partial charge < -0.3 is 10.1 Å². The second-order valence-corrected chi connectivity index (χ2v) is 6.63. The minimum absolute atomic E-state index is 0.343. The summed E-state index contributed by atoms with van der Waals surface area (Å²) in [4.78, 5) is 4.45. The zero-order chi connectivity index (χ0) is 13.9. The van der Waals surface area contributed by atoms with Gasteiger partial charge in [-0.25, -0.2) is 4.98 Å². The topological polar surface area (TPSA) is 34.1 Å². The fourth-order valence-corrected chi connectivity index (χ4v) is 2.97. The first-order chi connectivity index (χ1) is 9.72. The highest BCUT2D eigenvalue weighted by Gasteiger charge is 2.27. The van der Waals surface area contributed by atoms with E-state index in [1.54, 1.807) is 0 Å². The Balaban J connectivity index is 1.61. The summed E-state index contributed by atoms with van der Waals surface area (Å²) in [5.41, 5.74) is 1.20. The third-order valence-electron chi connectivity index (χ3n) is 4.84. The van der Waals surface area contributed by atoms with Gasteiger partial charge in [0, 0.05) is 24.3 Å². The molecule has 2 aliphatic carbocycles. The summed E-state index contributed by atoms with van der Waals surface area (Å²) in [6, 6.07) is 4.85. The molecule has 1 aromatic heterocycles. The summed E-state index contributed by atoms with van der Waals surface area (Å²) in [7, 11) is 0. The van der Waals surface area contributed by atoms with Crippen LogP contribution in [-0.4, -0.2) is 17.1 Å². The van der Waals surface area contributed by atoms with Crippen molar-refractivity contribution in [2.45, 2.75) is 64.6 Å². The first-order valence-electron chi connectivity index (χ1n) is 8.06. The lowest BCUT2D eigenvalue weighted by atomic mass is 9.80. The maximum absolute atomic E-state index is 6.21. The molecule has 2 aliphatic rings. The van der Waals surface area contributed by atoms with Crippen LogP contribution in [0.25, 0.3) is 0 Å². The highest BCUT2D eigenvalue weighted by Crippen LogP contribution is 2.32. The minimum Gasteiger partial charge on any atom is -0.474 e. The third kappa shape index (κ3) is 3.51. The van der Waals surface area contributed by atoms with Gasteiger partial charge in [-0.3, -0.25) is 0 Å². The van der Waals surface area contributed by atoms with E-state index in [9.17, 15) is 0 Å². The molecular formula is C17H26N2O. The van der Waals surface area contributed by atoms with Crippen molar-refractivity contribution in [1.29, 1.82) is 0 Å². The van der Waals surface area contributed by atoms with Gasteiger partial charge in [-0.1, -0.05) is 19.9 Å². The fraction of sp³-hybridized carbons (Fsp3) is 0.706. The number of ether oxygens (including phenoxy) is 1. The summed E-state index contributed by atoms with van der Waals surface area (Å²) in [5.74, 6) is 2.42. The molecule has 3 rings (SSSR count). The molecular weight excluding hydrogens is 248 g/mol. The van der Waals surface area contributed by atoms with Crippen molar-refractivity contribution in [1.82, 2.24) is 10.3 Å². The number of nitrogens with one attached hydrogen (secondary N) is 1. The van der Waals surface area contributed by atoms with E-state index < -0.39 is 0 Å². The van der Waals surface area contributed by atoms with Crippen LogP contribution in [0.15, 0.2) is 18.3 Å². The summed E-state index contributed by atoms with van der Waals surface area (Å²) in [6.07, 6.45) is 8.41. The number of hydrogen-bond acceptors (Lipinski definition) is 3. The van der Waals surface area contributed by atoms with Gasteiger partial charge in [-0.2, -0.15) is 0 Å². The molecule has 3 unspecified atom stereocenters. The Morgan fingerprint density at radius 1 is 1.20 bits per heavy atom. The molecule has 3 heteroatoms. The largest absolute Gasteiger partial charge is 0.474 e. The van der Waals surface area contributed by atoms with Gasteiger partial charge >= 0.3 is 0 Å². The number of rotatable bonds is 5. The molecule has 0 spiro atoms. The van der Waals surface area contributed by atoms with Crippen LogP contribution in [-0.2, 0) is 6.54 Å². The first-order valence-corrected chi connectivity index (χ1v) is 8.06. The van der Waals surface area contributed by atoms with Gasteiger partial charge in [-0.15, -0.1) is 0 Å². The Bertz CT molecular complexity index is 444. The number of aromatic nitrogens is 1. The predicted octanol–water partition coefficient (Wildman–Crippen LogP) is 3.54. The molecule has 0 aliphatic heterocycles. The van der Waals surface area contributed by atoms with Crippen molar-refractivity contribution in [3.63, 3.8) is 0 Å².